The fourth-order valence-corrected chi connectivity index (χ4v) is 4.15. The van der Waals surface area contributed by atoms with Gasteiger partial charge in [-0.3, -0.25) is 4.79 Å². The maximum atomic E-state index is 12.5. The molecule has 0 unspecified atom stereocenters. The molecule has 1 aliphatic heterocycles. The van der Waals surface area contributed by atoms with Gasteiger partial charge >= 0.3 is 5.97 Å². The summed E-state index contributed by atoms with van der Waals surface area (Å²) in [4.78, 5) is 31.1. The number of amides is 1. The SMILES string of the molecule is COC(=O)c1ccccc1NC(=O)C1CN(c2nc3ccc(C)cc3s2)C1. The van der Waals surface area contributed by atoms with Gasteiger partial charge in [0.2, 0.25) is 5.91 Å². The van der Waals surface area contributed by atoms with Gasteiger partial charge in [0.15, 0.2) is 5.13 Å². The van der Waals surface area contributed by atoms with Crippen LogP contribution < -0.4 is 10.2 Å². The number of nitrogens with zero attached hydrogens (tertiary/aromatic N) is 2. The van der Waals surface area contributed by atoms with Gasteiger partial charge in [-0.05, 0) is 36.8 Å². The molecule has 2 heterocycles. The highest BCUT2D eigenvalue weighted by Crippen LogP contribution is 2.33. The van der Waals surface area contributed by atoms with Crippen LogP contribution in [0.1, 0.15) is 15.9 Å². The molecule has 0 radical (unpaired) electrons. The highest BCUT2D eigenvalue weighted by Gasteiger charge is 2.34. The molecular formula is C20H19N3O3S. The topological polar surface area (TPSA) is 71.5 Å². The van der Waals surface area contributed by atoms with Gasteiger partial charge in [0.1, 0.15) is 0 Å². The number of anilines is 2. The number of rotatable bonds is 4. The fraction of sp³-hybridized carbons (Fsp3) is 0.250. The van der Waals surface area contributed by atoms with E-state index in [1.54, 1.807) is 35.6 Å². The van der Waals surface area contributed by atoms with Crippen LogP contribution in [-0.2, 0) is 9.53 Å². The number of aryl methyl sites for hydroxylation is 1. The molecule has 27 heavy (non-hydrogen) atoms. The molecule has 0 bridgehead atoms. The van der Waals surface area contributed by atoms with Crippen LogP contribution in [0, 0.1) is 12.8 Å². The van der Waals surface area contributed by atoms with Gasteiger partial charge in [-0.2, -0.15) is 0 Å². The molecule has 4 rings (SSSR count). The predicted octanol–water partition coefficient (Wildman–Crippen LogP) is 3.47. The molecule has 1 aliphatic rings. The van der Waals surface area contributed by atoms with Crippen LogP contribution >= 0.6 is 11.3 Å². The van der Waals surface area contributed by atoms with Gasteiger partial charge in [-0.1, -0.05) is 29.5 Å². The molecule has 1 N–H and O–H groups in total. The van der Waals surface area contributed by atoms with Crippen LogP contribution in [0.4, 0.5) is 10.8 Å². The number of aromatic nitrogens is 1. The number of methoxy groups -OCH3 is 1. The number of ether oxygens (including phenoxy) is 1. The number of fused-ring (bicyclic) bond motifs is 1. The van der Waals surface area contributed by atoms with Crippen molar-refractivity contribution in [1.29, 1.82) is 0 Å². The van der Waals surface area contributed by atoms with Crippen molar-refractivity contribution < 1.29 is 14.3 Å². The van der Waals surface area contributed by atoms with Gasteiger partial charge < -0.3 is 15.0 Å². The summed E-state index contributed by atoms with van der Waals surface area (Å²) in [6, 6.07) is 13.1. The Morgan fingerprint density at radius 3 is 2.78 bits per heavy atom. The molecule has 1 fully saturated rings. The Balaban J connectivity index is 1.42. The van der Waals surface area contributed by atoms with E-state index >= 15 is 0 Å². The van der Waals surface area contributed by atoms with Crippen LogP contribution in [0.5, 0.6) is 0 Å². The van der Waals surface area contributed by atoms with E-state index in [0.717, 1.165) is 15.3 Å². The minimum atomic E-state index is -0.467. The standard InChI is InChI=1S/C20H19N3O3S/c1-12-7-8-16-17(9-12)27-20(22-16)23-10-13(11-23)18(24)21-15-6-4-3-5-14(15)19(25)26-2/h3-9,13H,10-11H2,1-2H3,(H,21,24). The third-order valence-corrected chi connectivity index (χ3v) is 5.72. The number of nitrogens with one attached hydrogen (secondary N) is 1. The summed E-state index contributed by atoms with van der Waals surface area (Å²) in [5, 5.41) is 3.79. The van der Waals surface area contributed by atoms with Crippen molar-refractivity contribution in [2.45, 2.75) is 6.92 Å². The Bertz CT molecular complexity index is 1020. The van der Waals surface area contributed by atoms with Gasteiger partial charge in [0.25, 0.3) is 0 Å². The third-order valence-electron chi connectivity index (χ3n) is 4.65. The lowest BCUT2D eigenvalue weighted by Gasteiger charge is -2.38. The molecule has 0 aliphatic carbocycles. The lowest BCUT2D eigenvalue weighted by molar-refractivity contribution is -0.120. The fourth-order valence-electron chi connectivity index (χ4n) is 3.07. The van der Waals surface area contributed by atoms with Crippen molar-refractivity contribution in [2.75, 3.05) is 30.4 Å². The Morgan fingerprint density at radius 2 is 2.00 bits per heavy atom. The smallest absolute Gasteiger partial charge is 0.339 e. The van der Waals surface area contributed by atoms with E-state index in [-0.39, 0.29) is 11.8 Å². The van der Waals surface area contributed by atoms with E-state index in [4.69, 9.17) is 4.74 Å². The minimum Gasteiger partial charge on any atom is -0.465 e. The molecular weight excluding hydrogens is 362 g/mol. The van der Waals surface area contributed by atoms with Crippen molar-refractivity contribution >= 4 is 44.2 Å². The second-order valence-corrected chi connectivity index (χ2v) is 7.61. The molecule has 1 aromatic heterocycles. The number of thiazole rings is 1. The van der Waals surface area contributed by atoms with Gasteiger partial charge in [-0.25, -0.2) is 9.78 Å². The van der Waals surface area contributed by atoms with Crippen molar-refractivity contribution in [3.8, 4) is 0 Å². The molecule has 3 aromatic rings. The van der Waals surface area contributed by atoms with Crippen molar-refractivity contribution in [3.05, 3.63) is 53.6 Å². The Labute approximate surface area is 160 Å². The molecule has 0 saturated carbocycles. The molecule has 0 spiro atoms. The first kappa shape index (κ1) is 17.5. The number of hydrogen-bond acceptors (Lipinski definition) is 6. The number of carbonyl (C=O) groups excluding carboxylic acids is 2. The Hall–Kier alpha value is -2.93. The number of esters is 1. The summed E-state index contributed by atoms with van der Waals surface area (Å²) in [5.41, 5.74) is 3.03. The molecule has 1 saturated heterocycles. The normalized spacial score (nSPS) is 14.1. The van der Waals surface area contributed by atoms with Crippen LogP contribution in [0.2, 0.25) is 0 Å². The van der Waals surface area contributed by atoms with E-state index in [0.29, 0.717) is 24.3 Å². The first-order chi connectivity index (χ1) is 13.0. The van der Waals surface area contributed by atoms with Crippen LogP contribution in [0.3, 0.4) is 0 Å². The van der Waals surface area contributed by atoms with E-state index in [1.807, 2.05) is 6.07 Å². The maximum absolute atomic E-state index is 12.5. The van der Waals surface area contributed by atoms with E-state index in [1.165, 1.54) is 12.7 Å². The summed E-state index contributed by atoms with van der Waals surface area (Å²) in [6.45, 7) is 3.30. The lowest BCUT2D eigenvalue weighted by atomic mass is 9.99. The maximum Gasteiger partial charge on any atom is 0.339 e. The average Bonchev–Trinajstić information content (AvgIpc) is 3.02. The quantitative estimate of drug-likeness (QED) is 0.701. The number of hydrogen-bond donors (Lipinski definition) is 1. The molecule has 0 atom stereocenters. The van der Waals surface area contributed by atoms with Gasteiger partial charge in [0, 0.05) is 13.1 Å². The summed E-state index contributed by atoms with van der Waals surface area (Å²) in [5.74, 6) is -0.699. The van der Waals surface area contributed by atoms with Crippen LogP contribution in [0.25, 0.3) is 10.2 Å². The zero-order valence-corrected chi connectivity index (χ0v) is 15.9. The number of para-hydroxylation sites is 1. The summed E-state index contributed by atoms with van der Waals surface area (Å²) < 4.78 is 5.92. The average molecular weight is 381 g/mol. The summed E-state index contributed by atoms with van der Waals surface area (Å²) in [7, 11) is 1.32. The first-order valence-corrected chi connectivity index (χ1v) is 9.47. The highest BCUT2D eigenvalue weighted by atomic mass is 32.1. The van der Waals surface area contributed by atoms with E-state index < -0.39 is 5.97 Å². The molecule has 7 heteroatoms. The van der Waals surface area contributed by atoms with E-state index in [2.05, 4.69) is 34.3 Å². The monoisotopic (exact) mass is 381 g/mol. The van der Waals surface area contributed by atoms with Crippen molar-refractivity contribution in [2.24, 2.45) is 5.92 Å². The number of carbonyl (C=O) groups is 2. The minimum absolute atomic E-state index is 0.0976. The Kier molecular flexibility index (Phi) is 4.53. The Morgan fingerprint density at radius 1 is 1.22 bits per heavy atom. The zero-order chi connectivity index (χ0) is 19.0. The third kappa shape index (κ3) is 3.38. The molecule has 2 aromatic carbocycles. The predicted molar refractivity (Wildman–Crippen MR) is 106 cm³/mol. The lowest BCUT2D eigenvalue weighted by Crippen LogP contribution is -2.52. The molecule has 1 amide bonds. The van der Waals surface area contributed by atoms with Crippen molar-refractivity contribution in [3.63, 3.8) is 0 Å². The molecule has 6 nitrogen and oxygen atoms in total. The van der Waals surface area contributed by atoms with Crippen LogP contribution in [-0.4, -0.2) is 37.1 Å². The second kappa shape index (κ2) is 7.00. The van der Waals surface area contributed by atoms with Crippen LogP contribution in [0.15, 0.2) is 42.5 Å². The van der Waals surface area contributed by atoms with Gasteiger partial charge in [0.05, 0.1) is 34.5 Å². The second-order valence-electron chi connectivity index (χ2n) is 6.60. The zero-order valence-electron chi connectivity index (χ0n) is 15.1. The molecule has 138 valence electrons. The highest BCUT2D eigenvalue weighted by molar-refractivity contribution is 7.22. The van der Waals surface area contributed by atoms with E-state index in [9.17, 15) is 9.59 Å². The van der Waals surface area contributed by atoms with Gasteiger partial charge in [-0.15, -0.1) is 0 Å². The van der Waals surface area contributed by atoms with Crippen molar-refractivity contribution in [1.82, 2.24) is 4.98 Å². The summed E-state index contributed by atoms with van der Waals surface area (Å²) >= 11 is 1.64. The first-order valence-electron chi connectivity index (χ1n) is 8.65. The largest absolute Gasteiger partial charge is 0.465 e. The summed E-state index contributed by atoms with van der Waals surface area (Å²) in [6.07, 6.45) is 0. The number of benzene rings is 2.